The standard InChI is InChI=1S/C23H25FN6O5/c1-12(26-23(32)33)19(13-7-5-4-6-8-13)29-22-16(24)11-15(20(25)31)21(30-22)27-14-9-17(34-2)28-18(10-14)35-3/h4-12,19,26H,1-3H3,(H2,25,31)(H,32,33)(H2,27,28,29,30)/t12-,19+/m0/s1. The largest absolute Gasteiger partial charge is 0.481 e. The molecule has 0 saturated heterocycles. The van der Waals surface area contributed by atoms with E-state index in [0.717, 1.165) is 6.07 Å². The third-order valence-electron chi connectivity index (χ3n) is 5.00. The van der Waals surface area contributed by atoms with Crippen LogP contribution in [-0.4, -0.2) is 47.3 Å². The molecule has 0 aliphatic carbocycles. The van der Waals surface area contributed by atoms with E-state index in [4.69, 9.17) is 15.2 Å². The van der Waals surface area contributed by atoms with Crippen LogP contribution in [0.15, 0.2) is 48.5 Å². The molecule has 12 heteroatoms. The number of carbonyl (C=O) groups excluding carboxylic acids is 1. The van der Waals surface area contributed by atoms with Crippen molar-refractivity contribution in [2.75, 3.05) is 24.9 Å². The van der Waals surface area contributed by atoms with Crippen LogP contribution in [0.3, 0.4) is 0 Å². The summed E-state index contributed by atoms with van der Waals surface area (Å²) in [4.78, 5) is 31.6. The average molecular weight is 484 g/mol. The molecule has 3 aromatic rings. The Labute approximate surface area is 200 Å². The van der Waals surface area contributed by atoms with E-state index in [1.807, 2.05) is 0 Å². The zero-order valence-electron chi connectivity index (χ0n) is 19.2. The first-order valence-electron chi connectivity index (χ1n) is 10.4. The minimum absolute atomic E-state index is 0.0395. The van der Waals surface area contributed by atoms with E-state index in [0.29, 0.717) is 11.3 Å². The number of nitrogens with zero attached hydrogens (tertiary/aromatic N) is 2. The summed E-state index contributed by atoms with van der Waals surface area (Å²) >= 11 is 0. The summed E-state index contributed by atoms with van der Waals surface area (Å²) in [5.41, 5.74) is 6.33. The van der Waals surface area contributed by atoms with Crippen LogP contribution < -0.4 is 31.2 Å². The lowest BCUT2D eigenvalue weighted by Crippen LogP contribution is -2.39. The molecule has 2 aromatic heterocycles. The third kappa shape index (κ3) is 6.25. The smallest absolute Gasteiger partial charge is 0.404 e. The molecule has 2 amide bonds. The number of ether oxygens (including phenoxy) is 2. The van der Waals surface area contributed by atoms with Crippen molar-refractivity contribution >= 4 is 29.3 Å². The molecule has 3 rings (SSSR count). The van der Waals surface area contributed by atoms with Crippen molar-refractivity contribution < 1.29 is 28.6 Å². The van der Waals surface area contributed by atoms with Gasteiger partial charge in [-0.2, -0.15) is 4.98 Å². The van der Waals surface area contributed by atoms with E-state index < -0.39 is 29.9 Å². The van der Waals surface area contributed by atoms with Crippen LogP contribution in [0.2, 0.25) is 0 Å². The van der Waals surface area contributed by atoms with Crippen LogP contribution in [0.1, 0.15) is 28.9 Å². The number of anilines is 3. The van der Waals surface area contributed by atoms with E-state index >= 15 is 4.39 Å². The lowest BCUT2D eigenvalue weighted by molar-refractivity contribution is 0.1000. The number of methoxy groups -OCH3 is 2. The van der Waals surface area contributed by atoms with Gasteiger partial charge in [0.1, 0.15) is 5.82 Å². The number of benzene rings is 1. The summed E-state index contributed by atoms with van der Waals surface area (Å²) in [7, 11) is 2.85. The Bertz CT molecular complexity index is 1190. The van der Waals surface area contributed by atoms with Gasteiger partial charge in [0.15, 0.2) is 11.6 Å². The monoisotopic (exact) mass is 484 g/mol. The quantitative estimate of drug-likeness (QED) is 0.291. The van der Waals surface area contributed by atoms with Crippen molar-refractivity contribution in [1.82, 2.24) is 15.3 Å². The molecule has 0 unspecified atom stereocenters. The fourth-order valence-corrected chi connectivity index (χ4v) is 3.35. The van der Waals surface area contributed by atoms with Crippen LogP contribution >= 0.6 is 0 Å². The number of nitrogens with two attached hydrogens (primary N) is 1. The van der Waals surface area contributed by atoms with Gasteiger partial charge >= 0.3 is 6.09 Å². The van der Waals surface area contributed by atoms with Crippen molar-refractivity contribution in [2.24, 2.45) is 5.73 Å². The van der Waals surface area contributed by atoms with Gasteiger partial charge in [-0.05, 0) is 18.6 Å². The van der Waals surface area contributed by atoms with Crippen molar-refractivity contribution in [1.29, 1.82) is 0 Å². The number of amides is 2. The Morgan fingerprint density at radius 3 is 2.20 bits per heavy atom. The molecule has 11 nitrogen and oxygen atoms in total. The molecule has 184 valence electrons. The summed E-state index contributed by atoms with van der Waals surface area (Å²) in [6, 6.07) is 11.5. The van der Waals surface area contributed by atoms with Gasteiger partial charge in [-0.15, -0.1) is 0 Å². The van der Waals surface area contributed by atoms with Crippen LogP contribution in [0, 0.1) is 5.82 Å². The minimum atomic E-state index is -1.24. The molecule has 2 heterocycles. The molecule has 0 aliphatic rings. The zero-order chi connectivity index (χ0) is 25.5. The number of primary amides is 1. The van der Waals surface area contributed by atoms with E-state index in [2.05, 4.69) is 25.9 Å². The van der Waals surface area contributed by atoms with E-state index in [1.165, 1.54) is 26.4 Å². The first kappa shape index (κ1) is 25.0. The van der Waals surface area contributed by atoms with Gasteiger partial charge in [-0.1, -0.05) is 30.3 Å². The van der Waals surface area contributed by atoms with Gasteiger partial charge in [0.05, 0.1) is 37.6 Å². The van der Waals surface area contributed by atoms with Gasteiger partial charge in [0.25, 0.3) is 5.91 Å². The number of nitrogens with one attached hydrogen (secondary N) is 3. The number of carboxylic acid groups (broad SMARTS) is 1. The van der Waals surface area contributed by atoms with Crippen molar-refractivity contribution in [3.05, 3.63) is 65.5 Å². The molecule has 0 aliphatic heterocycles. The number of rotatable bonds is 10. The molecule has 0 radical (unpaired) electrons. The van der Waals surface area contributed by atoms with Crippen LogP contribution in [0.5, 0.6) is 11.8 Å². The second-order valence-corrected chi connectivity index (χ2v) is 7.42. The Kier molecular flexibility index (Phi) is 7.87. The summed E-state index contributed by atoms with van der Waals surface area (Å²) in [6.45, 7) is 1.63. The third-order valence-corrected chi connectivity index (χ3v) is 5.00. The van der Waals surface area contributed by atoms with Gasteiger partial charge in [0.2, 0.25) is 11.8 Å². The topological polar surface area (TPSA) is 161 Å². The molecule has 6 N–H and O–H groups in total. The Morgan fingerprint density at radius 1 is 1.03 bits per heavy atom. The molecule has 0 bridgehead atoms. The van der Waals surface area contributed by atoms with Crippen molar-refractivity contribution in [2.45, 2.75) is 19.0 Å². The normalized spacial score (nSPS) is 12.2. The summed E-state index contributed by atoms with van der Waals surface area (Å²) in [5, 5.41) is 17.4. The maximum absolute atomic E-state index is 15.0. The summed E-state index contributed by atoms with van der Waals surface area (Å²) in [5.74, 6) is -1.56. The van der Waals surface area contributed by atoms with Gasteiger partial charge in [-0.3, -0.25) is 4.79 Å². The highest BCUT2D eigenvalue weighted by atomic mass is 19.1. The number of pyridine rings is 2. The first-order chi connectivity index (χ1) is 16.7. The molecule has 0 saturated carbocycles. The predicted molar refractivity (Wildman–Crippen MR) is 127 cm³/mol. The van der Waals surface area contributed by atoms with E-state index in [9.17, 15) is 14.7 Å². The molecule has 35 heavy (non-hydrogen) atoms. The Balaban J connectivity index is 2.03. The maximum Gasteiger partial charge on any atom is 0.404 e. The first-order valence-corrected chi connectivity index (χ1v) is 10.4. The highest BCUT2D eigenvalue weighted by Gasteiger charge is 2.24. The summed E-state index contributed by atoms with van der Waals surface area (Å²) < 4.78 is 25.3. The van der Waals surface area contributed by atoms with Gasteiger partial charge in [0, 0.05) is 12.1 Å². The van der Waals surface area contributed by atoms with E-state index in [-0.39, 0.29) is 29.0 Å². The SMILES string of the molecule is COc1cc(Nc2nc(N[C@@H](c3ccccc3)[C@H](C)NC(=O)O)c(F)cc2C(N)=O)cc(OC)n1. The fourth-order valence-electron chi connectivity index (χ4n) is 3.35. The zero-order valence-corrected chi connectivity index (χ0v) is 19.2. The number of aromatic nitrogens is 2. The Hall–Kier alpha value is -4.61. The van der Waals surface area contributed by atoms with Crippen LogP contribution in [0.4, 0.5) is 26.5 Å². The molecular formula is C23H25FN6O5. The van der Waals surface area contributed by atoms with E-state index in [1.54, 1.807) is 37.3 Å². The van der Waals surface area contributed by atoms with Gasteiger partial charge in [-0.25, -0.2) is 14.2 Å². The van der Waals surface area contributed by atoms with Gasteiger partial charge < -0.3 is 36.3 Å². The van der Waals surface area contributed by atoms with Crippen LogP contribution in [0.25, 0.3) is 0 Å². The average Bonchev–Trinajstić information content (AvgIpc) is 2.83. The molecular weight excluding hydrogens is 459 g/mol. The number of halogens is 1. The minimum Gasteiger partial charge on any atom is -0.481 e. The molecule has 0 spiro atoms. The van der Waals surface area contributed by atoms with Crippen molar-refractivity contribution in [3.8, 4) is 11.8 Å². The van der Waals surface area contributed by atoms with Crippen LogP contribution in [-0.2, 0) is 0 Å². The maximum atomic E-state index is 15.0. The molecule has 0 fully saturated rings. The number of hydrogen-bond donors (Lipinski definition) is 5. The second kappa shape index (κ2) is 11.0. The lowest BCUT2D eigenvalue weighted by atomic mass is 10.0. The lowest BCUT2D eigenvalue weighted by Gasteiger charge is -2.26. The fraction of sp³-hybridized carbons (Fsp3) is 0.217. The van der Waals surface area contributed by atoms with Crippen molar-refractivity contribution in [3.63, 3.8) is 0 Å². The second-order valence-electron chi connectivity index (χ2n) is 7.42. The predicted octanol–water partition coefficient (Wildman–Crippen LogP) is 3.28. The Morgan fingerprint density at radius 2 is 1.66 bits per heavy atom. The summed E-state index contributed by atoms with van der Waals surface area (Å²) in [6.07, 6.45) is -1.24. The number of hydrogen-bond acceptors (Lipinski definition) is 8. The highest BCUT2D eigenvalue weighted by molar-refractivity contribution is 5.98. The molecule has 1 aromatic carbocycles. The number of carbonyl (C=O) groups is 2. The molecule has 2 atom stereocenters. The highest BCUT2D eigenvalue weighted by Crippen LogP contribution is 2.30.